The number of benzene rings is 1. The Morgan fingerprint density at radius 3 is 2.77 bits per heavy atom. The third-order valence-corrected chi connectivity index (χ3v) is 6.33. The molecule has 136 valence electrons. The van der Waals surface area contributed by atoms with Crippen LogP contribution in [-0.4, -0.2) is 38.2 Å². The largest absolute Gasteiger partial charge is 0.332 e. The van der Waals surface area contributed by atoms with Gasteiger partial charge in [-0.1, -0.05) is 29.8 Å². The summed E-state index contributed by atoms with van der Waals surface area (Å²) in [5.41, 5.74) is 0.473. The lowest BCUT2D eigenvalue weighted by atomic mass is 10.2. The summed E-state index contributed by atoms with van der Waals surface area (Å²) in [5, 5.41) is 0. The first-order chi connectivity index (χ1) is 12.4. The first kappa shape index (κ1) is 18.6. The maximum Gasteiger partial charge on any atom is 0.263 e. The molecule has 9 heteroatoms. The van der Waals surface area contributed by atoms with Crippen molar-refractivity contribution < 1.29 is 13.2 Å². The van der Waals surface area contributed by atoms with Gasteiger partial charge in [0.05, 0.1) is 15.8 Å². The number of carbonyl (C=O) groups excluding carboxylic acids is 1. The monoisotopic (exact) mass is 409 g/mol. The van der Waals surface area contributed by atoms with Crippen LogP contribution in [0.3, 0.4) is 0 Å². The quantitative estimate of drug-likeness (QED) is 0.745. The second-order valence-electron chi connectivity index (χ2n) is 5.54. The van der Waals surface area contributed by atoms with Gasteiger partial charge in [0.15, 0.2) is 0 Å². The van der Waals surface area contributed by atoms with Crippen molar-refractivity contribution in [2.75, 3.05) is 13.1 Å². The van der Waals surface area contributed by atoms with E-state index in [2.05, 4.69) is 16.3 Å². The van der Waals surface area contributed by atoms with Crippen LogP contribution in [-0.2, 0) is 21.4 Å². The van der Waals surface area contributed by atoms with Gasteiger partial charge in [-0.05, 0) is 24.3 Å². The Morgan fingerprint density at radius 1 is 1.31 bits per heavy atom. The van der Waals surface area contributed by atoms with E-state index in [1.54, 1.807) is 35.2 Å². The molecule has 0 bridgehead atoms. The number of halogens is 1. The van der Waals surface area contributed by atoms with Crippen LogP contribution in [0.4, 0.5) is 0 Å². The zero-order valence-corrected chi connectivity index (χ0v) is 16.1. The highest BCUT2D eigenvalue weighted by atomic mass is 35.5. The predicted octanol–water partition coefficient (Wildman–Crippen LogP) is 2.65. The Kier molecular flexibility index (Phi) is 5.45. The lowest BCUT2D eigenvalue weighted by molar-refractivity contribution is -0.129. The summed E-state index contributed by atoms with van der Waals surface area (Å²) in [6, 6.07) is 10.2. The lowest BCUT2D eigenvalue weighted by Crippen LogP contribution is -2.33. The maximum absolute atomic E-state index is 12.5. The number of hydrogen-bond donors (Lipinski definition) is 1. The SMILES string of the molecule is C=CCN(Cc1ccc(Cl)s1)C(=O)CN=C1NS(=O)(=O)c2ccccc21. The average molecular weight is 410 g/mol. The highest BCUT2D eigenvalue weighted by molar-refractivity contribution is 7.90. The zero-order valence-electron chi connectivity index (χ0n) is 13.7. The number of nitrogens with one attached hydrogen (secondary N) is 1. The summed E-state index contributed by atoms with van der Waals surface area (Å²) in [6.45, 7) is 4.27. The topological polar surface area (TPSA) is 78.8 Å². The summed E-state index contributed by atoms with van der Waals surface area (Å²) >= 11 is 7.33. The Bertz CT molecular complexity index is 983. The van der Waals surface area contributed by atoms with Gasteiger partial charge in [0, 0.05) is 17.0 Å². The van der Waals surface area contributed by atoms with Crippen molar-refractivity contribution >= 4 is 44.7 Å². The summed E-state index contributed by atoms with van der Waals surface area (Å²) in [4.78, 5) is 19.4. The number of rotatable bonds is 6. The number of aliphatic imine (C=N–C) groups is 1. The molecule has 1 N–H and O–H groups in total. The molecule has 1 aromatic carbocycles. The number of thiophene rings is 1. The molecule has 3 rings (SSSR count). The molecule has 2 aromatic rings. The summed E-state index contributed by atoms with van der Waals surface area (Å²) in [6.07, 6.45) is 1.63. The van der Waals surface area contributed by atoms with Crippen molar-refractivity contribution in [2.45, 2.75) is 11.4 Å². The average Bonchev–Trinajstić information content (AvgIpc) is 3.13. The van der Waals surface area contributed by atoms with Crippen LogP contribution in [0.5, 0.6) is 0 Å². The molecular weight excluding hydrogens is 394 g/mol. The first-order valence-corrected chi connectivity index (χ1v) is 10.4. The third-order valence-electron chi connectivity index (χ3n) is 3.71. The molecule has 1 aromatic heterocycles. The zero-order chi connectivity index (χ0) is 18.7. The number of amidine groups is 1. The van der Waals surface area contributed by atoms with Gasteiger partial charge in [0.2, 0.25) is 5.91 Å². The van der Waals surface area contributed by atoms with Gasteiger partial charge in [-0.3, -0.25) is 14.5 Å². The Balaban J connectivity index is 1.76. The number of sulfonamides is 1. The van der Waals surface area contributed by atoms with Gasteiger partial charge in [-0.2, -0.15) is 0 Å². The van der Waals surface area contributed by atoms with E-state index in [0.717, 1.165) is 4.88 Å². The Labute approximate surface area is 160 Å². The molecule has 1 amide bonds. The molecule has 0 aliphatic carbocycles. The highest BCUT2D eigenvalue weighted by Gasteiger charge is 2.30. The van der Waals surface area contributed by atoms with E-state index in [1.165, 1.54) is 17.4 Å². The summed E-state index contributed by atoms with van der Waals surface area (Å²) in [7, 11) is -3.61. The molecule has 0 fully saturated rings. The fourth-order valence-electron chi connectivity index (χ4n) is 2.53. The molecule has 2 heterocycles. The molecule has 26 heavy (non-hydrogen) atoms. The molecule has 0 saturated carbocycles. The smallest absolute Gasteiger partial charge is 0.263 e. The van der Waals surface area contributed by atoms with Crippen LogP contribution in [0.1, 0.15) is 10.4 Å². The molecule has 0 radical (unpaired) electrons. The van der Waals surface area contributed by atoms with Gasteiger partial charge in [0.25, 0.3) is 10.0 Å². The Morgan fingerprint density at radius 2 is 2.08 bits per heavy atom. The standard InChI is InChI=1S/C17H16ClN3O3S2/c1-2-9-21(11-12-7-8-15(18)25-12)16(22)10-19-17-13-5-3-4-6-14(13)26(23,24)20-17/h2-8H,1,9-11H2,(H,19,20). The summed E-state index contributed by atoms with van der Waals surface area (Å²) in [5.74, 6) is -0.0443. The molecule has 1 aliphatic heterocycles. The van der Waals surface area contributed by atoms with Crippen LogP contribution in [0.15, 0.2) is 58.9 Å². The first-order valence-electron chi connectivity index (χ1n) is 7.70. The number of hydrogen-bond acceptors (Lipinski definition) is 5. The van der Waals surface area contributed by atoms with Gasteiger partial charge in [-0.15, -0.1) is 17.9 Å². The predicted molar refractivity (Wildman–Crippen MR) is 103 cm³/mol. The summed E-state index contributed by atoms with van der Waals surface area (Å²) < 4.78 is 27.2. The van der Waals surface area contributed by atoms with E-state index in [4.69, 9.17) is 11.6 Å². The number of fused-ring (bicyclic) bond motifs is 1. The van der Waals surface area contributed by atoms with Gasteiger partial charge >= 0.3 is 0 Å². The van der Waals surface area contributed by atoms with Gasteiger partial charge in [-0.25, -0.2) is 8.42 Å². The Hall–Kier alpha value is -2.16. The minimum Gasteiger partial charge on any atom is -0.332 e. The van der Waals surface area contributed by atoms with Crippen LogP contribution in [0, 0.1) is 0 Å². The second-order valence-corrected chi connectivity index (χ2v) is 8.99. The van der Waals surface area contributed by atoms with Crippen LogP contribution < -0.4 is 4.72 Å². The fourth-order valence-corrected chi connectivity index (χ4v) is 4.89. The molecule has 0 unspecified atom stereocenters. The van der Waals surface area contributed by atoms with Crippen molar-refractivity contribution in [3.63, 3.8) is 0 Å². The third kappa shape index (κ3) is 3.98. The number of amides is 1. The molecule has 0 saturated heterocycles. The van der Waals surface area contributed by atoms with Crippen molar-refractivity contribution in [1.82, 2.24) is 9.62 Å². The normalized spacial score (nSPS) is 16.1. The van der Waals surface area contributed by atoms with Crippen LogP contribution in [0.2, 0.25) is 4.34 Å². The molecule has 0 spiro atoms. The maximum atomic E-state index is 12.5. The second kappa shape index (κ2) is 7.61. The van der Waals surface area contributed by atoms with E-state index in [0.29, 0.717) is 23.0 Å². The van der Waals surface area contributed by atoms with E-state index in [-0.39, 0.29) is 23.2 Å². The molecular formula is C17H16ClN3O3S2. The van der Waals surface area contributed by atoms with Crippen molar-refractivity contribution in [3.8, 4) is 0 Å². The van der Waals surface area contributed by atoms with E-state index in [9.17, 15) is 13.2 Å². The van der Waals surface area contributed by atoms with E-state index < -0.39 is 10.0 Å². The minimum atomic E-state index is -3.61. The molecule has 0 atom stereocenters. The number of carbonyl (C=O) groups is 1. The van der Waals surface area contributed by atoms with Crippen molar-refractivity contribution in [3.05, 3.63) is 63.8 Å². The highest BCUT2D eigenvalue weighted by Crippen LogP contribution is 2.23. The molecule has 6 nitrogen and oxygen atoms in total. The number of nitrogens with zero attached hydrogens (tertiary/aromatic N) is 2. The minimum absolute atomic E-state index is 0.168. The van der Waals surface area contributed by atoms with Crippen LogP contribution >= 0.6 is 22.9 Å². The van der Waals surface area contributed by atoms with Gasteiger partial charge < -0.3 is 4.90 Å². The van der Waals surface area contributed by atoms with E-state index in [1.807, 2.05) is 6.07 Å². The van der Waals surface area contributed by atoms with Crippen molar-refractivity contribution in [2.24, 2.45) is 4.99 Å². The van der Waals surface area contributed by atoms with Crippen molar-refractivity contribution in [1.29, 1.82) is 0 Å². The van der Waals surface area contributed by atoms with E-state index >= 15 is 0 Å². The van der Waals surface area contributed by atoms with Gasteiger partial charge in [0.1, 0.15) is 12.4 Å². The fraction of sp³-hybridized carbons (Fsp3) is 0.176. The lowest BCUT2D eigenvalue weighted by Gasteiger charge is -2.19. The molecule has 1 aliphatic rings. The van der Waals surface area contributed by atoms with Crippen LogP contribution in [0.25, 0.3) is 0 Å².